The van der Waals surface area contributed by atoms with Crippen molar-refractivity contribution in [1.82, 2.24) is 0 Å². The third-order valence-electron chi connectivity index (χ3n) is 3.41. The minimum atomic E-state index is -0.923. The number of rotatable bonds is 6. The van der Waals surface area contributed by atoms with Gasteiger partial charge in [0.1, 0.15) is 0 Å². The first-order valence-corrected chi connectivity index (χ1v) is 9.33. The van der Waals surface area contributed by atoms with E-state index in [2.05, 4.69) is 27.7 Å². The quantitative estimate of drug-likeness (QED) is 0.615. The molecule has 0 aromatic rings. The first-order chi connectivity index (χ1) is 7.58. The first-order valence-electron chi connectivity index (χ1n) is 7.23. The molecule has 0 aromatic carbocycles. The first kappa shape index (κ1) is 14.6. The van der Waals surface area contributed by atoms with Crippen LogP contribution in [-0.4, -0.2) is 20.6 Å². The van der Waals surface area contributed by atoms with Gasteiger partial charge in [-0.2, -0.15) is 0 Å². The van der Waals surface area contributed by atoms with Gasteiger partial charge in [-0.1, -0.05) is 69.4 Å². The topological polar surface area (TPSA) is 9.23 Å². The second-order valence-corrected chi connectivity index (χ2v) is 8.74. The third kappa shape index (κ3) is 6.28. The molecule has 0 saturated heterocycles. The highest BCUT2D eigenvalue weighted by molar-refractivity contribution is 6.52. The lowest BCUT2D eigenvalue weighted by atomic mass is 9.98. The van der Waals surface area contributed by atoms with Crippen LogP contribution in [0.4, 0.5) is 0 Å². The Labute approximate surface area is 107 Å². The van der Waals surface area contributed by atoms with Crippen LogP contribution in [0.2, 0.25) is 10.6 Å². The molecule has 0 unspecified atom stereocenters. The number of hydrogen-bond donors (Lipinski definition) is 0. The van der Waals surface area contributed by atoms with Crippen LogP contribution in [0.5, 0.6) is 0 Å². The van der Waals surface area contributed by atoms with Gasteiger partial charge >= 0.3 is 14.5 Å². The molecule has 0 N–H and O–H groups in total. The summed E-state index contributed by atoms with van der Waals surface area (Å²) in [7, 11) is 0. The predicted octanol–water partition coefficient (Wildman–Crippen LogP) is 4.64. The van der Waals surface area contributed by atoms with Gasteiger partial charge in [0.05, 0.1) is 0 Å². The van der Waals surface area contributed by atoms with Crippen molar-refractivity contribution in [2.45, 2.75) is 76.5 Å². The zero-order valence-electron chi connectivity index (χ0n) is 11.7. The van der Waals surface area contributed by atoms with Crippen molar-refractivity contribution in [3.63, 3.8) is 0 Å². The molecule has 16 heavy (non-hydrogen) atoms. The van der Waals surface area contributed by atoms with Gasteiger partial charge in [0, 0.05) is 6.10 Å². The summed E-state index contributed by atoms with van der Waals surface area (Å²) in [4.78, 5) is 0. The molecular formula is C14H29AlO. The van der Waals surface area contributed by atoms with Crippen molar-refractivity contribution in [2.75, 3.05) is 0 Å². The molecule has 1 rings (SSSR count). The van der Waals surface area contributed by atoms with Crippen LogP contribution in [0.25, 0.3) is 0 Å². The maximum absolute atomic E-state index is 6.45. The van der Waals surface area contributed by atoms with Crippen molar-refractivity contribution >= 4 is 14.5 Å². The lowest BCUT2D eigenvalue weighted by Gasteiger charge is -2.27. The number of hydrogen-bond acceptors (Lipinski definition) is 1. The van der Waals surface area contributed by atoms with Crippen LogP contribution in [0.3, 0.4) is 0 Å². The molecule has 0 radical (unpaired) electrons. The second-order valence-electron chi connectivity index (χ2n) is 6.28. The van der Waals surface area contributed by atoms with Gasteiger partial charge < -0.3 is 3.79 Å². The standard InChI is InChI=1S/C6H11O.2C4H9.Al/c7-6-4-2-1-3-5-6;2*1-4(2)3;/h6H,1-5H2;2*4H,1H2,2-3H3;/q-1;;;+1. The minimum Gasteiger partial charge on any atom is -0.498 e. The van der Waals surface area contributed by atoms with E-state index < -0.39 is 14.5 Å². The van der Waals surface area contributed by atoms with Gasteiger partial charge in [0.15, 0.2) is 0 Å². The molecule has 0 spiro atoms. The normalized spacial score (nSPS) is 18.4. The summed E-state index contributed by atoms with van der Waals surface area (Å²) in [5, 5.41) is 2.74. The van der Waals surface area contributed by atoms with Crippen molar-refractivity contribution < 1.29 is 3.79 Å². The van der Waals surface area contributed by atoms with Crippen LogP contribution in [0, 0.1) is 11.8 Å². The van der Waals surface area contributed by atoms with Gasteiger partial charge in [0.2, 0.25) is 0 Å². The maximum atomic E-state index is 6.45. The van der Waals surface area contributed by atoms with Gasteiger partial charge in [-0.05, 0) is 12.8 Å². The van der Waals surface area contributed by atoms with Crippen molar-refractivity contribution in [3.05, 3.63) is 0 Å². The highest BCUT2D eigenvalue weighted by atomic mass is 27.2. The molecule has 0 bridgehead atoms. The summed E-state index contributed by atoms with van der Waals surface area (Å²) < 4.78 is 6.45. The van der Waals surface area contributed by atoms with E-state index in [1.54, 1.807) is 0 Å². The molecule has 1 nitrogen and oxygen atoms in total. The molecule has 0 aliphatic heterocycles. The molecule has 1 saturated carbocycles. The average molecular weight is 240 g/mol. The summed E-state index contributed by atoms with van der Waals surface area (Å²) in [5.41, 5.74) is 0. The Bertz CT molecular complexity index is 164. The Kier molecular flexibility index (Phi) is 7.05. The van der Waals surface area contributed by atoms with Crippen molar-refractivity contribution in [1.29, 1.82) is 0 Å². The zero-order chi connectivity index (χ0) is 12.0. The van der Waals surface area contributed by atoms with E-state index in [4.69, 9.17) is 3.79 Å². The largest absolute Gasteiger partial charge is 0.498 e. The van der Waals surface area contributed by atoms with Crippen molar-refractivity contribution in [2.24, 2.45) is 11.8 Å². The SMILES string of the molecule is CC(C)[CH2][Al]([CH2]C(C)C)[O]C1CCCCC1. The van der Waals surface area contributed by atoms with Crippen LogP contribution in [0.15, 0.2) is 0 Å². The Morgan fingerprint density at radius 1 is 0.938 bits per heavy atom. The van der Waals surface area contributed by atoms with E-state index in [1.165, 1.54) is 42.7 Å². The van der Waals surface area contributed by atoms with Crippen LogP contribution in [0.1, 0.15) is 59.8 Å². The van der Waals surface area contributed by atoms with E-state index in [0.29, 0.717) is 6.10 Å². The fraction of sp³-hybridized carbons (Fsp3) is 1.00. The fourth-order valence-corrected chi connectivity index (χ4v) is 6.07. The van der Waals surface area contributed by atoms with E-state index in [1.807, 2.05) is 0 Å². The molecule has 1 fully saturated rings. The molecule has 0 amide bonds. The van der Waals surface area contributed by atoms with Crippen molar-refractivity contribution in [3.8, 4) is 0 Å². The highest BCUT2D eigenvalue weighted by Crippen LogP contribution is 2.24. The molecular weight excluding hydrogens is 211 g/mol. The average Bonchev–Trinajstić information content (AvgIpc) is 2.16. The van der Waals surface area contributed by atoms with Gasteiger partial charge in [-0.3, -0.25) is 0 Å². The maximum Gasteiger partial charge on any atom is 0.461 e. The summed E-state index contributed by atoms with van der Waals surface area (Å²) >= 11 is -0.923. The fourth-order valence-electron chi connectivity index (χ4n) is 2.73. The molecule has 1 aliphatic rings. The molecule has 0 atom stereocenters. The lowest BCUT2D eigenvalue weighted by Crippen LogP contribution is -2.29. The summed E-state index contributed by atoms with van der Waals surface area (Å²) in [6.07, 6.45) is 7.52. The monoisotopic (exact) mass is 240 g/mol. The molecule has 1 aliphatic carbocycles. The van der Waals surface area contributed by atoms with E-state index >= 15 is 0 Å². The van der Waals surface area contributed by atoms with Gasteiger partial charge in [0.25, 0.3) is 0 Å². The summed E-state index contributed by atoms with van der Waals surface area (Å²) in [5.74, 6) is 1.64. The van der Waals surface area contributed by atoms with E-state index in [0.717, 1.165) is 11.8 Å². The van der Waals surface area contributed by atoms with Gasteiger partial charge in [-0.15, -0.1) is 0 Å². The molecule has 0 aromatic heterocycles. The van der Waals surface area contributed by atoms with Crippen LogP contribution in [-0.2, 0) is 3.79 Å². The van der Waals surface area contributed by atoms with Crippen LogP contribution < -0.4 is 0 Å². The van der Waals surface area contributed by atoms with E-state index in [-0.39, 0.29) is 0 Å². The Balaban J connectivity index is 2.35. The van der Waals surface area contributed by atoms with Gasteiger partial charge in [-0.25, -0.2) is 0 Å². The molecule has 0 heterocycles. The lowest BCUT2D eigenvalue weighted by molar-refractivity contribution is 0.150. The summed E-state index contributed by atoms with van der Waals surface area (Å²) in [6.45, 7) is 9.35. The predicted molar refractivity (Wildman–Crippen MR) is 73.0 cm³/mol. The van der Waals surface area contributed by atoms with E-state index in [9.17, 15) is 0 Å². The third-order valence-corrected chi connectivity index (χ3v) is 7.11. The Morgan fingerprint density at radius 3 is 1.88 bits per heavy atom. The highest BCUT2D eigenvalue weighted by Gasteiger charge is 2.27. The molecule has 94 valence electrons. The zero-order valence-corrected chi connectivity index (χ0v) is 12.8. The molecule has 2 heteroatoms. The Hall–Kier alpha value is 0.492. The smallest absolute Gasteiger partial charge is 0.461 e. The second kappa shape index (κ2) is 7.75. The Morgan fingerprint density at radius 2 is 1.44 bits per heavy atom. The summed E-state index contributed by atoms with van der Waals surface area (Å²) in [6, 6.07) is 0. The van der Waals surface area contributed by atoms with Crippen LogP contribution >= 0.6 is 0 Å². The minimum absolute atomic E-state index is 0.628.